The zero-order chi connectivity index (χ0) is 18.8. The maximum Gasteiger partial charge on any atom is 0.238 e. The van der Waals surface area contributed by atoms with Crippen molar-refractivity contribution in [1.29, 1.82) is 0 Å². The number of primary sulfonamides is 1. The van der Waals surface area contributed by atoms with E-state index in [1.165, 1.54) is 22.3 Å². The van der Waals surface area contributed by atoms with Crippen LogP contribution in [0.2, 0.25) is 0 Å². The number of nitrogens with two attached hydrogens (primary N) is 1. The highest BCUT2D eigenvalue weighted by Crippen LogP contribution is 2.24. The molecule has 2 aromatic rings. The molecule has 24 heavy (non-hydrogen) atoms. The van der Waals surface area contributed by atoms with Crippen molar-refractivity contribution < 1.29 is 8.42 Å². The van der Waals surface area contributed by atoms with Crippen molar-refractivity contribution in [2.45, 2.75) is 60.3 Å². The largest absolute Gasteiger partial charge is 0.238 e. The predicted molar refractivity (Wildman–Crippen MR) is 102 cm³/mol. The fourth-order valence-electron chi connectivity index (χ4n) is 2.95. The van der Waals surface area contributed by atoms with E-state index in [1.807, 2.05) is 19.9 Å². The Morgan fingerprint density at radius 1 is 0.625 bits per heavy atom. The maximum atomic E-state index is 11.3. The first-order chi connectivity index (χ1) is 10.9. The number of hydrogen-bond donors (Lipinski definition) is 1. The van der Waals surface area contributed by atoms with E-state index < -0.39 is 10.0 Å². The van der Waals surface area contributed by atoms with Crippen molar-refractivity contribution in [3.05, 3.63) is 62.7 Å². The van der Waals surface area contributed by atoms with E-state index in [4.69, 9.17) is 5.14 Å². The molecule has 0 radical (unpaired) electrons. The SMILES string of the molecule is Cc1cc(C)c(C)c(C)c1.Cc1cc(C)c(S(N)(=O)=O)c(C)c1C. The monoisotopic (exact) mass is 347 g/mol. The van der Waals surface area contributed by atoms with Crippen LogP contribution in [0.4, 0.5) is 0 Å². The highest BCUT2D eigenvalue weighted by Gasteiger charge is 2.17. The number of aryl methyl sites for hydroxylation is 5. The number of hydrogen-bond acceptors (Lipinski definition) is 2. The van der Waals surface area contributed by atoms with Crippen molar-refractivity contribution in [1.82, 2.24) is 0 Å². The summed E-state index contributed by atoms with van der Waals surface area (Å²) in [7, 11) is -3.60. The maximum absolute atomic E-state index is 11.3. The third kappa shape index (κ3) is 4.68. The smallest absolute Gasteiger partial charge is 0.225 e. The second-order valence-electron chi connectivity index (χ2n) is 6.66. The van der Waals surface area contributed by atoms with Gasteiger partial charge in [0.25, 0.3) is 0 Å². The molecule has 2 N–H and O–H groups in total. The molecule has 0 fully saturated rings. The molecule has 0 aliphatic rings. The molecule has 0 saturated carbocycles. The standard InChI is InChI=1S/C10H15NO2S.C10H14/c1-6-5-7(2)10(14(11,12)13)9(4)8(6)3;1-7-5-8(2)10(4)9(3)6-7/h5H,1-4H3,(H2,11,12,13);5-6H,1-4H3. The van der Waals surface area contributed by atoms with Crippen LogP contribution >= 0.6 is 0 Å². The molecule has 0 aromatic heterocycles. The molecule has 3 nitrogen and oxygen atoms in total. The number of benzene rings is 2. The van der Waals surface area contributed by atoms with E-state index in [1.54, 1.807) is 13.8 Å². The van der Waals surface area contributed by atoms with Crippen LogP contribution < -0.4 is 5.14 Å². The van der Waals surface area contributed by atoms with E-state index in [0.29, 0.717) is 5.56 Å². The Kier molecular flexibility index (Phi) is 6.37. The normalized spacial score (nSPS) is 11.0. The zero-order valence-corrected chi connectivity index (χ0v) is 16.9. The summed E-state index contributed by atoms with van der Waals surface area (Å²) in [5.74, 6) is 0. The molecule has 0 saturated heterocycles. The molecule has 2 rings (SSSR count). The van der Waals surface area contributed by atoms with E-state index >= 15 is 0 Å². The van der Waals surface area contributed by atoms with Crippen molar-refractivity contribution in [3.8, 4) is 0 Å². The molecule has 4 heteroatoms. The van der Waals surface area contributed by atoms with Crippen LogP contribution in [0.1, 0.15) is 44.5 Å². The molecule has 0 amide bonds. The minimum atomic E-state index is -3.60. The molecule has 0 aliphatic heterocycles. The fourth-order valence-corrected chi connectivity index (χ4v) is 4.04. The van der Waals surface area contributed by atoms with Gasteiger partial charge in [0, 0.05) is 0 Å². The van der Waals surface area contributed by atoms with Crippen molar-refractivity contribution in [2.75, 3.05) is 0 Å². The fraction of sp³-hybridized carbons (Fsp3) is 0.400. The minimum absolute atomic E-state index is 0.264. The molecule has 0 unspecified atom stereocenters. The average Bonchev–Trinajstić information content (AvgIpc) is 2.41. The summed E-state index contributed by atoms with van der Waals surface area (Å²) in [5.41, 5.74) is 9.13. The van der Waals surface area contributed by atoms with Crippen LogP contribution in [0.25, 0.3) is 0 Å². The zero-order valence-electron chi connectivity index (χ0n) is 16.0. The third-order valence-electron chi connectivity index (χ3n) is 4.64. The Balaban J connectivity index is 0.000000254. The Morgan fingerprint density at radius 2 is 1.04 bits per heavy atom. The van der Waals surface area contributed by atoms with Gasteiger partial charge in [-0.3, -0.25) is 0 Å². The summed E-state index contributed by atoms with van der Waals surface area (Å²) in [6.07, 6.45) is 0. The summed E-state index contributed by atoms with van der Waals surface area (Å²) < 4.78 is 22.6. The van der Waals surface area contributed by atoms with E-state index in [0.717, 1.165) is 16.7 Å². The average molecular weight is 348 g/mol. The van der Waals surface area contributed by atoms with Crippen molar-refractivity contribution in [2.24, 2.45) is 5.14 Å². The van der Waals surface area contributed by atoms with Gasteiger partial charge in [0.1, 0.15) is 0 Å². The van der Waals surface area contributed by atoms with Gasteiger partial charge in [-0.15, -0.1) is 0 Å². The third-order valence-corrected chi connectivity index (χ3v) is 5.84. The molecule has 132 valence electrons. The van der Waals surface area contributed by atoms with Gasteiger partial charge in [-0.1, -0.05) is 23.8 Å². The number of rotatable bonds is 1. The molecule has 2 aromatic carbocycles. The first-order valence-corrected chi connectivity index (χ1v) is 9.55. The summed E-state index contributed by atoms with van der Waals surface area (Å²) in [6, 6.07) is 6.30. The molecule has 0 aliphatic carbocycles. The van der Waals surface area contributed by atoms with Gasteiger partial charge in [0.2, 0.25) is 10.0 Å². The Morgan fingerprint density at radius 3 is 1.46 bits per heavy atom. The Labute approximate surface area is 147 Å². The van der Waals surface area contributed by atoms with E-state index in [-0.39, 0.29) is 4.90 Å². The van der Waals surface area contributed by atoms with Crippen LogP contribution in [0.15, 0.2) is 23.1 Å². The predicted octanol–water partition coefficient (Wildman–Crippen LogP) is 4.49. The summed E-state index contributed by atoms with van der Waals surface area (Å²) in [6.45, 7) is 16.0. The summed E-state index contributed by atoms with van der Waals surface area (Å²) >= 11 is 0. The van der Waals surface area contributed by atoms with Gasteiger partial charge >= 0.3 is 0 Å². The Bertz CT molecular complexity index is 843. The molecular weight excluding hydrogens is 318 g/mol. The van der Waals surface area contributed by atoms with Gasteiger partial charge in [0.05, 0.1) is 4.90 Å². The topological polar surface area (TPSA) is 60.2 Å². The first-order valence-electron chi connectivity index (χ1n) is 8.01. The molecule has 0 spiro atoms. The second-order valence-corrected chi connectivity index (χ2v) is 8.16. The lowest BCUT2D eigenvalue weighted by Gasteiger charge is -2.12. The summed E-state index contributed by atoms with van der Waals surface area (Å²) in [5, 5.41) is 5.15. The molecule has 0 atom stereocenters. The van der Waals surface area contributed by atoms with Gasteiger partial charge in [0.15, 0.2) is 0 Å². The molecular formula is C20H29NO2S. The number of sulfonamides is 1. The lowest BCUT2D eigenvalue weighted by Crippen LogP contribution is -2.16. The summed E-state index contributed by atoms with van der Waals surface area (Å²) in [4.78, 5) is 0.264. The van der Waals surface area contributed by atoms with Crippen molar-refractivity contribution >= 4 is 10.0 Å². The molecule has 0 heterocycles. The van der Waals surface area contributed by atoms with Gasteiger partial charge < -0.3 is 0 Å². The van der Waals surface area contributed by atoms with E-state index in [2.05, 4.69) is 39.8 Å². The van der Waals surface area contributed by atoms with Gasteiger partial charge in [-0.25, -0.2) is 13.6 Å². The minimum Gasteiger partial charge on any atom is -0.225 e. The highest BCUT2D eigenvalue weighted by molar-refractivity contribution is 7.89. The van der Waals surface area contributed by atoms with Gasteiger partial charge in [-0.2, -0.15) is 0 Å². The van der Waals surface area contributed by atoms with Crippen LogP contribution in [0.5, 0.6) is 0 Å². The lowest BCUT2D eigenvalue weighted by molar-refractivity contribution is 0.596. The first kappa shape index (κ1) is 20.4. The highest BCUT2D eigenvalue weighted by atomic mass is 32.2. The molecule has 0 bridgehead atoms. The lowest BCUT2D eigenvalue weighted by atomic mass is 10.0. The van der Waals surface area contributed by atoms with Crippen LogP contribution in [0, 0.1) is 55.4 Å². The quantitative estimate of drug-likeness (QED) is 0.826. The van der Waals surface area contributed by atoms with Gasteiger partial charge in [-0.05, 0) is 94.3 Å². The second kappa shape index (κ2) is 7.49. The van der Waals surface area contributed by atoms with Crippen LogP contribution in [-0.2, 0) is 10.0 Å². The van der Waals surface area contributed by atoms with Crippen LogP contribution in [0.3, 0.4) is 0 Å². The van der Waals surface area contributed by atoms with Crippen LogP contribution in [-0.4, -0.2) is 8.42 Å². The van der Waals surface area contributed by atoms with Crippen molar-refractivity contribution in [3.63, 3.8) is 0 Å². The Hall–Kier alpha value is -1.65. The van der Waals surface area contributed by atoms with E-state index in [9.17, 15) is 8.42 Å².